The van der Waals surface area contributed by atoms with Gasteiger partial charge in [-0.3, -0.25) is 4.79 Å². The Bertz CT molecular complexity index is 454. The highest BCUT2D eigenvalue weighted by Crippen LogP contribution is 2.17. The molecule has 1 atom stereocenters. The van der Waals surface area contributed by atoms with Crippen LogP contribution in [0.15, 0.2) is 18.2 Å². The quantitative estimate of drug-likeness (QED) is 0.868. The van der Waals surface area contributed by atoms with Crippen molar-refractivity contribution in [3.63, 3.8) is 0 Å². The lowest BCUT2D eigenvalue weighted by molar-refractivity contribution is -0.134. The van der Waals surface area contributed by atoms with E-state index in [0.717, 1.165) is 6.42 Å². The molecule has 0 aliphatic rings. The molecule has 0 heterocycles. The van der Waals surface area contributed by atoms with Crippen LogP contribution in [-0.4, -0.2) is 24.4 Å². The fraction of sp³-hybridized carbons (Fsp3) is 0.588. The SMILES string of the molecule is Cc1ccc(CN(C)C(=O)C(CN)CC(C)C)c(C)c1. The van der Waals surface area contributed by atoms with Gasteiger partial charge in [-0.2, -0.15) is 0 Å². The van der Waals surface area contributed by atoms with Crippen molar-refractivity contribution in [2.24, 2.45) is 17.6 Å². The average Bonchev–Trinajstić information content (AvgIpc) is 2.38. The molecule has 1 amide bonds. The number of nitrogens with zero attached hydrogens (tertiary/aromatic N) is 1. The molecule has 0 fully saturated rings. The van der Waals surface area contributed by atoms with Gasteiger partial charge in [0, 0.05) is 20.1 Å². The predicted molar refractivity (Wildman–Crippen MR) is 84.4 cm³/mol. The summed E-state index contributed by atoms with van der Waals surface area (Å²) >= 11 is 0. The molecule has 1 aromatic carbocycles. The molecule has 1 aromatic rings. The zero-order valence-electron chi connectivity index (χ0n) is 13.4. The first kappa shape index (κ1) is 16.7. The third-order valence-electron chi connectivity index (χ3n) is 3.67. The van der Waals surface area contributed by atoms with Crippen LogP contribution in [0, 0.1) is 25.7 Å². The van der Waals surface area contributed by atoms with Gasteiger partial charge in [0.1, 0.15) is 0 Å². The summed E-state index contributed by atoms with van der Waals surface area (Å²) < 4.78 is 0. The van der Waals surface area contributed by atoms with Crippen molar-refractivity contribution in [1.82, 2.24) is 4.90 Å². The summed E-state index contributed by atoms with van der Waals surface area (Å²) in [6.45, 7) is 9.50. The fourth-order valence-electron chi connectivity index (χ4n) is 2.54. The number of aryl methyl sites for hydroxylation is 2. The Balaban J connectivity index is 2.73. The largest absolute Gasteiger partial charge is 0.341 e. The van der Waals surface area contributed by atoms with Crippen LogP contribution in [0.25, 0.3) is 0 Å². The Morgan fingerprint density at radius 2 is 1.95 bits per heavy atom. The molecule has 1 unspecified atom stereocenters. The first-order valence-electron chi connectivity index (χ1n) is 7.36. The van der Waals surface area contributed by atoms with Gasteiger partial charge < -0.3 is 10.6 Å². The second kappa shape index (κ2) is 7.44. The lowest BCUT2D eigenvalue weighted by Crippen LogP contribution is -2.37. The van der Waals surface area contributed by atoms with Gasteiger partial charge in [-0.1, -0.05) is 37.6 Å². The number of hydrogen-bond acceptors (Lipinski definition) is 2. The summed E-state index contributed by atoms with van der Waals surface area (Å²) in [6.07, 6.45) is 0.854. The molecule has 3 heteroatoms. The molecule has 0 aromatic heterocycles. The van der Waals surface area contributed by atoms with E-state index in [4.69, 9.17) is 5.73 Å². The molecule has 3 nitrogen and oxygen atoms in total. The second-order valence-corrected chi connectivity index (χ2v) is 6.19. The summed E-state index contributed by atoms with van der Waals surface area (Å²) in [6, 6.07) is 6.35. The number of carbonyl (C=O) groups excluding carboxylic acids is 1. The zero-order chi connectivity index (χ0) is 15.3. The highest BCUT2D eigenvalue weighted by molar-refractivity contribution is 5.78. The Labute approximate surface area is 123 Å². The Morgan fingerprint density at radius 3 is 2.45 bits per heavy atom. The van der Waals surface area contributed by atoms with Crippen LogP contribution in [0.5, 0.6) is 0 Å². The molecule has 1 rings (SSSR count). The van der Waals surface area contributed by atoms with Gasteiger partial charge in [0.05, 0.1) is 5.92 Å². The fourth-order valence-corrected chi connectivity index (χ4v) is 2.54. The van der Waals surface area contributed by atoms with Gasteiger partial charge >= 0.3 is 0 Å². The zero-order valence-corrected chi connectivity index (χ0v) is 13.4. The third kappa shape index (κ3) is 4.64. The lowest BCUT2D eigenvalue weighted by atomic mass is 9.95. The Kier molecular flexibility index (Phi) is 6.21. The number of rotatable bonds is 6. The number of nitrogens with two attached hydrogens (primary N) is 1. The number of amides is 1. The molecule has 20 heavy (non-hydrogen) atoms. The maximum absolute atomic E-state index is 12.4. The molecular weight excluding hydrogens is 248 g/mol. The molecule has 0 radical (unpaired) electrons. The molecule has 112 valence electrons. The van der Waals surface area contributed by atoms with E-state index in [0.29, 0.717) is 19.0 Å². The van der Waals surface area contributed by atoms with E-state index in [2.05, 4.69) is 45.9 Å². The van der Waals surface area contributed by atoms with Gasteiger partial charge in [-0.25, -0.2) is 0 Å². The minimum atomic E-state index is -0.0641. The summed E-state index contributed by atoms with van der Waals surface area (Å²) in [5.74, 6) is 0.578. The van der Waals surface area contributed by atoms with Gasteiger partial charge in [0.2, 0.25) is 5.91 Å². The average molecular weight is 276 g/mol. The Hall–Kier alpha value is -1.35. The van der Waals surface area contributed by atoms with E-state index in [-0.39, 0.29) is 11.8 Å². The van der Waals surface area contributed by atoms with Gasteiger partial charge in [0.25, 0.3) is 0 Å². The van der Waals surface area contributed by atoms with E-state index in [9.17, 15) is 4.79 Å². The standard InChI is InChI=1S/C17H28N2O/c1-12(2)8-16(10-18)17(20)19(5)11-15-7-6-13(3)9-14(15)4/h6-7,9,12,16H,8,10-11,18H2,1-5H3. The lowest BCUT2D eigenvalue weighted by Gasteiger charge is -2.24. The predicted octanol–water partition coefficient (Wildman–Crippen LogP) is 2.88. The second-order valence-electron chi connectivity index (χ2n) is 6.19. The molecule has 0 aliphatic heterocycles. The van der Waals surface area contributed by atoms with Crippen LogP contribution >= 0.6 is 0 Å². The molecule has 0 spiro atoms. The molecule has 0 saturated carbocycles. The van der Waals surface area contributed by atoms with Crippen molar-refractivity contribution < 1.29 is 4.79 Å². The smallest absolute Gasteiger partial charge is 0.227 e. The third-order valence-corrected chi connectivity index (χ3v) is 3.67. The summed E-state index contributed by atoms with van der Waals surface area (Å²) in [5.41, 5.74) is 9.44. The van der Waals surface area contributed by atoms with Crippen LogP contribution < -0.4 is 5.73 Å². The normalized spacial score (nSPS) is 12.6. The first-order chi connectivity index (χ1) is 9.35. The van der Waals surface area contributed by atoms with E-state index in [1.54, 1.807) is 4.90 Å². The van der Waals surface area contributed by atoms with Gasteiger partial charge in [-0.05, 0) is 37.3 Å². The molecule has 0 bridgehead atoms. The van der Waals surface area contributed by atoms with Crippen molar-refractivity contribution in [1.29, 1.82) is 0 Å². The van der Waals surface area contributed by atoms with Crippen molar-refractivity contribution in [3.05, 3.63) is 34.9 Å². The van der Waals surface area contributed by atoms with Crippen LogP contribution in [0.3, 0.4) is 0 Å². The highest BCUT2D eigenvalue weighted by Gasteiger charge is 2.22. The van der Waals surface area contributed by atoms with Crippen molar-refractivity contribution in [2.75, 3.05) is 13.6 Å². The van der Waals surface area contributed by atoms with Crippen LogP contribution in [0.4, 0.5) is 0 Å². The molecule has 0 saturated heterocycles. The van der Waals surface area contributed by atoms with E-state index in [1.807, 2.05) is 7.05 Å². The molecular formula is C17H28N2O. The number of benzene rings is 1. The van der Waals surface area contributed by atoms with E-state index >= 15 is 0 Å². The first-order valence-corrected chi connectivity index (χ1v) is 7.36. The van der Waals surface area contributed by atoms with E-state index < -0.39 is 0 Å². The summed E-state index contributed by atoms with van der Waals surface area (Å²) in [5, 5.41) is 0. The Morgan fingerprint density at radius 1 is 1.30 bits per heavy atom. The van der Waals surface area contributed by atoms with Crippen molar-refractivity contribution in [2.45, 2.75) is 40.7 Å². The van der Waals surface area contributed by atoms with Crippen LogP contribution in [-0.2, 0) is 11.3 Å². The molecule has 2 N–H and O–H groups in total. The topological polar surface area (TPSA) is 46.3 Å². The minimum Gasteiger partial charge on any atom is -0.341 e. The van der Waals surface area contributed by atoms with Gasteiger partial charge in [-0.15, -0.1) is 0 Å². The monoisotopic (exact) mass is 276 g/mol. The van der Waals surface area contributed by atoms with Crippen molar-refractivity contribution in [3.8, 4) is 0 Å². The van der Waals surface area contributed by atoms with Crippen molar-refractivity contribution >= 4 is 5.91 Å². The van der Waals surface area contributed by atoms with Gasteiger partial charge in [0.15, 0.2) is 0 Å². The minimum absolute atomic E-state index is 0.0641. The van der Waals surface area contributed by atoms with Crippen LogP contribution in [0.2, 0.25) is 0 Å². The van der Waals surface area contributed by atoms with Crippen LogP contribution in [0.1, 0.15) is 37.0 Å². The summed E-state index contributed by atoms with van der Waals surface area (Å²) in [7, 11) is 1.87. The number of carbonyl (C=O) groups is 1. The molecule has 0 aliphatic carbocycles. The number of hydrogen-bond donors (Lipinski definition) is 1. The highest BCUT2D eigenvalue weighted by atomic mass is 16.2. The summed E-state index contributed by atoms with van der Waals surface area (Å²) in [4.78, 5) is 14.2. The maximum atomic E-state index is 12.4. The van der Waals surface area contributed by atoms with E-state index in [1.165, 1.54) is 16.7 Å². The maximum Gasteiger partial charge on any atom is 0.227 e.